The van der Waals surface area contributed by atoms with E-state index in [4.69, 9.17) is 24.3 Å². The lowest BCUT2D eigenvalue weighted by Crippen LogP contribution is -2.29. The second-order valence-corrected chi connectivity index (χ2v) is 28.7. The summed E-state index contributed by atoms with van der Waals surface area (Å²) in [6.45, 7) is 3.70. The zero-order chi connectivity index (χ0) is 67.9. The number of carbonyl (C=O) groups is 2. The molecule has 0 aromatic rings. The zero-order valence-corrected chi connectivity index (χ0v) is 62.8. The Labute approximate surface area is 583 Å². The number of unbranched alkanes of at least 4 members (excludes halogenated alkanes) is 50. The van der Waals surface area contributed by atoms with E-state index in [2.05, 4.69) is 98.9 Å². The maximum Gasteiger partial charge on any atom is 0.472 e. The third kappa shape index (κ3) is 78.2. The Morgan fingerprint density at radius 1 is 0.330 bits per heavy atom. The molecule has 548 valence electrons. The van der Waals surface area contributed by atoms with Gasteiger partial charge in [-0.25, -0.2) is 4.57 Å². The van der Waals surface area contributed by atoms with Crippen LogP contribution in [0.5, 0.6) is 0 Å². The van der Waals surface area contributed by atoms with Gasteiger partial charge in [0, 0.05) is 19.4 Å². The minimum Gasteiger partial charge on any atom is -0.462 e. The van der Waals surface area contributed by atoms with Crippen LogP contribution in [0.1, 0.15) is 406 Å². The van der Waals surface area contributed by atoms with Crippen molar-refractivity contribution in [3.8, 4) is 0 Å². The molecule has 0 aromatic carbocycles. The number of ether oxygens (including phenoxy) is 2. The Bertz CT molecular complexity index is 1820. The number of rotatable bonds is 77. The molecule has 0 aromatic heterocycles. The molecule has 10 heteroatoms. The summed E-state index contributed by atoms with van der Waals surface area (Å²) in [5.41, 5.74) is 5.42. The minimum atomic E-state index is -4.40. The van der Waals surface area contributed by atoms with Crippen molar-refractivity contribution in [2.24, 2.45) is 5.73 Å². The maximum absolute atomic E-state index is 12.8. The SMILES string of the molecule is CC/C=C\C/C=C\C/C=C\C/C=C\C/C=C\C/C=C\C/C=C\CCCCCCCCCCCCCCCCCC(=O)OC(COC(=O)CCCCCCCCCCCCCCCCCCCCCCCCCCCCCCCCCCCCCC)COP(=O)(O)OCCN. The van der Waals surface area contributed by atoms with E-state index in [9.17, 15) is 19.0 Å². The number of phosphoric acid groups is 1. The Hall–Kier alpha value is -2.81. The maximum atomic E-state index is 12.8. The van der Waals surface area contributed by atoms with Gasteiger partial charge in [0.15, 0.2) is 6.10 Å². The predicted octanol–water partition coefficient (Wildman–Crippen LogP) is 27.3. The van der Waals surface area contributed by atoms with Gasteiger partial charge < -0.3 is 20.1 Å². The van der Waals surface area contributed by atoms with Gasteiger partial charge >= 0.3 is 19.8 Å². The topological polar surface area (TPSA) is 134 Å². The fraction of sp³-hybridized carbons (Fsp3) is 0.810. The predicted molar refractivity (Wildman–Crippen MR) is 409 cm³/mol. The van der Waals surface area contributed by atoms with Crippen LogP contribution in [0.2, 0.25) is 0 Å². The van der Waals surface area contributed by atoms with Gasteiger partial charge in [-0.15, -0.1) is 0 Å². The molecular weight excluding hydrogens is 1180 g/mol. The normalized spacial score (nSPS) is 13.3. The summed E-state index contributed by atoms with van der Waals surface area (Å²) in [7, 11) is -4.40. The molecule has 0 rings (SSSR count). The molecule has 0 bridgehead atoms. The molecular formula is C84H154NO8P. The number of hydrogen-bond acceptors (Lipinski definition) is 8. The smallest absolute Gasteiger partial charge is 0.462 e. The third-order valence-electron chi connectivity index (χ3n) is 18.0. The van der Waals surface area contributed by atoms with E-state index in [-0.39, 0.29) is 38.6 Å². The second kappa shape index (κ2) is 79.2. The molecule has 0 saturated carbocycles. The fourth-order valence-electron chi connectivity index (χ4n) is 12.1. The lowest BCUT2D eigenvalue weighted by Gasteiger charge is -2.19. The van der Waals surface area contributed by atoms with Crippen LogP contribution in [-0.4, -0.2) is 49.3 Å². The van der Waals surface area contributed by atoms with Crippen LogP contribution in [0.3, 0.4) is 0 Å². The van der Waals surface area contributed by atoms with E-state index in [1.165, 1.54) is 289 Å². The van der Waals surface area contributed by atoms with Gasteiger partial charge in [-0.05, 0) is 70.6 Å². The number of esters is 2. The van der Waals surface area contributed by atoms with Crippen molar-refractivity contribution in [3.05, 3.63) is 85.1 Å². The third-order valence-corrected chi connectivity index (χ3v) is 19.0. The molecule has 3 N–H and O–H groups in total. The van der Waals surface area contributed by atoms with Crippen molar-refractivity contribution < 1.29 is 37.6 Å². The standard InChI is InChI=1S/C84H154NO8P/c1-3-5-7-9-11-13-15-17-19-21-23-25-27-29-31-33-35-37-39-41-43-45-47-49-51-53-55-57-59-61-63-65-67-69-71-73-75-77-84(87)93-82(81-92-94(88,89)91-79-78-85)80-90-83(86)76-74-72-70-68-66-64-62-60-58-56-54-52-50-48-46-44-42-40-38-36-34-32-30-28-26-24-22-20-18-16-14-12-10-8-6-4-2/h5,7,11,13,17,19,23,25,29,31,35,37,41,43,82H,3-4,6,8-10,12,14-16,18,20-22,24,26-28,30,32-34,36,38-40,42,44-81,85H2,1-2H3,(H,88,89)/b7-5-,13-11-,19-17-,25-23-,31-29-,37-35-,43-41-. The quantitative estimate of drug-likeness (QED) is 0.0264. The number of allylic oxidation sites excluding steroid dienone is 14. The largest absolute Gasteiger partial charge is 0.472 e. The lowest BCUT2D eigenvalue weighted by molar-refractivity contribution is -0.161. The molecule has 0 heterocycles. The number of phosphoric ester groups is 1. The van der Waals surface area contributed by atoms with Gasteiger partial charge in [0.2, 0.25) is 0 Å². The first-order valence-corrected chi connectivity index (χ1v) is 42.1. The molecule has 0 spiro atoms. The second-order valence-electron chi connectivity index (χ2n) is 27.3. The van der Waals surface area contributed by atoms with Crippen molar-refractivity contribution in [1.82, 2.24) is 0 Å². The van der Waals surface area contributed by atoms with E-state index in [1.54, 1.807) is 0 Å². The Morgan fingerprint density at radius 2 is 0.585 bits per heavy atom. The molecule has 0 amide bonds. The highest BCUT2D eigenvalue weighted by atomic mass is 31.2. The molecule has 2 atom stereocenters. The summed E-state index contributed by atoms with van der Waals surface area (Å²) in [5, 5.41) is 0. The number of carbonyl (C=O) groups excluding carboxylic acids is 2. The van der Waals surface area contributed by atoms with Crippen molar-refractivity contribution in [2.75, 3.05) is 26.4 Å². The average molecular weight is 1340 g/mol. The average Bonchev–Trinajstić information content (AvgIpc) is 3.18. The Morgan fingerprint density at radius 3 is 0.872 bits per heavy atom. The first kappa shape index (κ1) is 91.2. The van der Waals surface area contributed by atoms with E-state index < -0.39 is 26.5 Å². The highest BCUT2D eigenvalue weighted by molar-refractivity contribution is 7.47. The molecule has 2 unspecified atom stereocenters. The van der Waals surface area contributed by atoms with E-state index in [0.29, 0.717) is 6.42 Å². The molecule has 0 fully saturated rings. The van der Waals surface area contributed by atoms with E-state index in [1.807, 2.05) is 0 Å². The molecule has 9 nitrogen and oxygen atoms in total. The highest BCUT2D eigenvalue weighted by Gasteiger charge is 2.26. The van der Waals surface area contributed by atoms with Gasteiger partial charge in [-0.2, -0.15) is 0 Å². The lowest BCUT2D eigenvalue weighted by atomic mass is 10.0. The van der Waals surface area contributed by atoms with Gasteiger partial charge in [0.05, 0.1) is 13.2 Å². The van der Waals surface area contributed by atoms with Crippen molar-refractivity contribution in [2.45, 2.75) is 412 Å². The van der Waals surface area contributed by atoms with Crippen LogP contribution in [0, 0.1) is 0 Å². The van der Waals surface area contributed by atoms with Crippen molar-refractivity contribution >= 4 is 19.8 Å². The zero-order valence-electron chi connectivity index (χ0n) is 62.0. The van der Waals surface area contributed by atoms with Crippen LogP contribution in [0.25, 0.3) is 0 Å². The molecule has 0 aliphatic heterocycles. The van der Waals surface area contributed by atoms with Gasteiger partial charge in [0.1, 0.15) is 6.61 Å². The Kier molecular flexibility index (Phi) is 76.8. The summed E-state index contributed by atoms with van der Waals surface area (Å²) in [4.78, 5) is 35.5. The molecule has 0 radical (unpaired) electrons. The molecule has 0 saturated heterocycles. The summed E-state index contributed by atoms with van der Waals surface area (Å²) >= 11 is 0. The molecule has 0 aliphatic carbocycles. The van der Waals surface area contributed by atoms with E-state index in [0.717, 1.165) is 83.5 Å². The highest BCUT2D eigenvalue weighted by Crippen LogP contribution is 2.43. The van der Waals surface area contributed by atoms with Gasteiger partial charge in [0.25, 0.3) is 0 Å². The van der Waals surface area contributed by atoms with Crippen LogP contribution < -0.4 is 5.73 Å². The minimum absolute atomic E-state index is 0.0533. The van der Waals surface area contributed by atoms with Gasteiger partial charge in [-0.1, -0.05) is 407 Å². The summed E-state index contributed by atoms with van der Waals surface area (Å²) in [6, 6.07) is 0. The first-order valence-electron chi connectivity index (χ1n) is 40.6. The number of hydrogen-bond donors (Lipinski definition) is 2. The summed E-state index contributed by atoms with van der Waals surface area (Å²) in [5.74, 6) is -0.809. The summed E-state index contributed by atoms with van der Waals surface area (Å²) in [6.07, 6.45) is 107. The van der Waals surface area contributed by atoms with Gasteiger partial charge in [-0.3, -0.25) is 18.6 Å². The van der Waals surface area contributed by atoms with E-state index >= 15 is 0 Å². The van der Waals surface area contributed by atoms with Crippen molar-refractivity contribution in [3.63, 3.8) is 0 Å². The molecule has 0 aliphatic rings. The number of nitrogens with two attached hydrogens (primary N) is 1. The van der Waals surface area contributed by atoms with Crippen LogP contribution in [-0.2, 0) is 32.7 Å². The summed E-state index contributed by atoms with van der Waals surface area (Å²) < 4.78 is 33.3. The van der Waals surface area contributed by atoms with Crippen LogP contribution in [0.15, 0.2) is 85.1 Å². The Balaban J connectivity index is 3.78. The van der Waals surface area contributed by atoms with Crippen molar-refractivity contribution in [1.29, 1.82) is 0 Å². The fourth-order valence-corrected chi connectivity index (χ4v) is 12.9. The molecule has 94 heavy (non-hydrogen) atoms. The van der Waals surface area contributed by atoms with Crippen LogP contribution >= 0.6 is 7.82 Å². The first-order chi connectivity index (χ1) is 46.3. The monoisotopic (exact) mass is 1340 g/mol. The van der Waals surface area contributed by atoms with Crippen LogP contribution in [0.4, 0.5) is 0 Å².